The van der Waals surface area contributed by atoms with Crippen LogP contribution in [0.5, 0.6) is 0 Å². The fraction of sp³-hybridized carbons (Fsp3) is 0.400. The molecular weight excluding hydrogens is 184 g/mol. The van der Waals surface area contributed by atoms with Gasteiger partial charge in [0.2, 0.25) is 0 Å². The van der Waals surface area contributed by atoms with E-state index in [4.69, 9.17) is 10.2 Å². The van der Waals surface area contributed by atoms with Gasteiger partial charge >= 0.3 is 11.9 Å². The third-order valence-corrected chi connectivity index (χ3v) is 0.772. The molecule has 0 aliphatic rings. The Labute approximate surface area is 84.6 Å². The summed E-state index contributed by atoms with van der Waals surface area (Å²) in [5, 5.41) is 15.4. The first-order chi connectivity index (χ1) is 6.45. The number of rotatable bonds is 3. The van der Waals surface area contributed by atoms with E-state index in [9.17, 15) is 9.59 Å². The summed E-state index contributed by atoms with van der Waals surface area (Å²) in [6.07, 6.45) is 3.72. The zero-order chi connectivity index (χ0) is 12.0. The molecule has 0 saturated heterocycles. The highest BCUT2D eigenvalue weighted by Crippen LogP contribution is 1.67. The largest absolute Gasteiger partial charge is 0.481 e. The van der Waals surface area contributed by atoms with Gasteiger partial charge in [0.05, 0.1) is 0 Å². The molecule has 0 fully saturated rings. The molecule has 0 atom stereocenters. The Hall–Kier alpha value is -1.58. The number of allylic oxidation sites excluding steroid dienone is 2. The van der Waals surface area contributed by atoms with Gasteiger partial charge in [-0.1, -0.05) is 39.2 Å². The number of carboxylic acids is 2. The molecule has 0 heterocycles. The number of hydrogen-bond acceptors (Lipinski definition) is 2. The smallest absolute Gasteiger partial charge is 0.303 e. The second-order valence-electron chi connectivity index (χ2n) is 1.97. The first-order valence-corrected chi connectivity index (χ1v) is 4.13. The van der Waals surface area contributed by atoms with Gasteiger partial charge in [-0.2, -0.15) is 0 Å². The number of carboxylic acid groups (broad SMARTS) is 2. The molecule has 0 radical (unpaired) electrons. The minimum atomic E-state index is -0.745. The average Bonchev–Trinajstić information content (AvgIpc) is 2.19. The lowest BCUT2D eigenvalue weighted by Crippen LogP contribution is -1.86. The summed E-state index contributed by atoms with van der Waals surface area (Å²) < 4.78 is 0. The van der Waals surface area contributed by atoms with E-state index in [1.165, 1.54) is 0 Å². The molecule has 0 amide bonds. The SMILES string of the molecule is C=CC=C.CCC(=O)O.CCC(=O)O. The predicted molar refractivity (Wildman–Crippen MR) is 56.2 cm³/mol. The molecule has 0 aromatic carbocycles. The van der Waals surface area contributed by atoms with Crippen molar-refractivity contribution in [3.05, 3.63) is 25.3 Å². The molecule has 14 heavy (non-hydrogen) atoms. The van der Waals surface area contributed by atoms with Crippen molar-refractivity contribution in [2.45, 2.75) is 26.7 Å². The molecule has 0 aliphatic carbocycles. The van der Waals surface area contributed by atoms with Crippen LogP contribution in [0.25, 0.3) is 0 Å². The Morgan fingerprint density at radius 2 is 1.14 bits per heavy atom. The highest BCUT2D eigenvalue weighted by atomic mass is 16.4. The van der Waals surface area contributed by atoms with E-state index in [-0.39, 0.29) is 12.8 Å². The highest BCUT2D eigenvalue weighted by molar-refractivity contribution is 5.66. The van der Waals surface area contributed by atoms with Crippen LogP contribution in [0, 0.1) is 0 Å². The first-order valence-electron chi connectivity index (χ1n) is 4.13. The molecule has 0 aromatic heterocycles. The van der Waals surface area contributed by atoms with Crippen LogP contribution >= 0.6 is 0 Å². The normalized spacial score (nSPS) is 6.71. The van der Waals surface area contributed by atoms with Crippen LogP contribution in [0.2, 0.25) is 0 Å². The molecule has 0 aliphatic heterocycles. The molecule has 0 rings (SSSR count). The lowest BCUT2D eigenvalue weighted by Gasteiger charge is -1.71. The second-order valence-corrected chi connectivity index (χ2v) is 1.97. The highest BCUT2D eigenvalue weighted by Gasteiger charge is 1.81. The molecule has 0 spiro atoms. The van der Waals surface area contributed by atoms with Crippen LogP contribution in [0.3, 0.4) is 0 Å². The summed E-state index contributed by atoms with van der Waals surface area (Å²) in [4.78, 5) is 18.7. The first kappa shape index (κ1) is 18.3. The zero-order valence-corrected chi connectivity index (χ0v) is 8.69. The standard InChI is InChI=1S/C4H6.2C3H6O2/c1-3-4-2;2*1-2-3(4)5/h3-4H,1-2H2;2*2H2,1H3,(H,4,5). The summed E-state index contributed by atoms with van der Waals surface area (Å²) in [7, 11) is 0. The summed E-state index contributed by atoms with van der Waals surface area (Å²) >= 11 is 0. The third-order valence-electron chi connectivity index (χ3n) is 0.772. The van der Waals surface area contributed by atoms with E-state index >= 15 is 0 Å². The molecule has 0 aromatic rings. The van der Waals surface area contributed by atoms with E-state index < -0.39 is 11.9 Å². The average molecular weight is 202 g/mol. The summed E-state index contributed by atoms with van der Waals surface area (Å²) in [5.41, 5.74) is 0. The van der Waals surface area contributed by atoms with E-state index in [2.05, 4.69) is 13.2 Å². The fourth-order valence-electron chi connectivity index (χ4n) is 0. The van der Waals surface area contributed by atoms with Crippen LogP contribution in [-0.4, -0.2) is 22.2 Å². The van der Waals surface area contributed by atoms with Crippen molar-refractivity contribution in [3.8, 4) is 0 Å². The van der Waals surface area contributed by atoms with Gasteiger partial charge in [0.1, 0.15) is 0 Å². The van der Waals surface area contributed by atoms with Crippen molar-refractivity contribution in [3.63, 3.8) is 0 Å². The van der Waals surface area contributed by atoms with Gasteiger partial charge in [-0.25, -0.2) is 0 Å². The van der Waals surface area contributed by atoms with Gasteiger partial charge in [-0.15, -0.1) is 0 Å². The van der Waals surface area contributed by atoms with Gasteiger partial charge in [0.15, 0.2) is 0 Å². The Morgan fingerprint density at radius 3 is 1.14 bits per heavy atom. The quantitative estimate of drug-likeness (QED) is 0.689. The van der Waals surface area contributed by atoms with Crippen LogP contribution in [-0.2, 0) is 9.59 Å². The Morgan fingerprint density at radius 1 is 1.00 bits per heavy atom. The molecule has 4 heteroatoms. The third kappa shape index (κ3) is 79.1. The lowest BCUT2D eigenvalue weighted by molar-refractivity contribution is -0.137. The van der Waals surface area contributed by atoms with Crippen LogP contribution < -0.4 is 0 Å². The lowest BCUT2D eigenvalue weighted by atomic mass is 10.5. The fourth-order valence-corrected chi connectivity index (χ4v) is 0. The van der Waals surface area contributed by atoms with Crippen molar-refractivity contribution in [1.29, 1.82) is 0 Å². The second kappa shape index (κ2) is 17.5. The van der Waals surface area contributed by atoms with Crippen molar-refractivity contribution in [1.82, 2.24) is 0 Å². The van der Waals surface area contributed by atoms with Gasteiger partial charge in [-0.3, -0.25) is 9.59 Å². The topological polar surface area (TPSA) is 74.6 Å². The maximum atomic E-state index is 9.37. The Balaban J connectivity index is -0.000000131. The molecule has 2 N–H and O–H groups in total. The van der Waals surface area contributed by atoms with Gasteiger partial charge in [-0.05, 0) is 0 Å². The van der Waals surface area contributed by atoms with Crippen LogP contribution in [0.15, 0.2) is 25.3 Å². The number of hydrogen-bond donors (Lipinski definition) is 2. The van der Waals surface area contributed by atoms with Crippen LogP contribution in [0.1, 0.15) is 26.7 Å². The molecule has 0 unspecified atom stereocenters. The molecule has 82 valence electrons. The predicted octanol–water partition coefficient (Wildman–Crippen LogP) is 2.32. The van der Waals surface area contributed by atoms with Crippen molar-refractivity contribution in [2.75, 3.05) is 0 Å². The van der Waals surface area contributed by atoms with E-state index in [0.29, 0.717) is 0 Å². The minimum Gasteiger partial charge on any atom is -0.481 e. The van der Waals surface area contributed by atoms with Crippen molar-refractivity contribution >= 4 is 11.9 Å². The van der Waals surface area contributed by atoms with Crippen molar-refractivity contribution < 1.29 is 19.8 Å². The van der Waals surface area contributed by atoms with Gasteiger partial charge in [0.25, 0.3) is 0 Å². The maximum Gasteiger partial charge on any atom is 0.303 e. The Bertz CT molecular complexity index is 153. The summed E-state index contributed by atoms with van der Waals surface area (Å²) in [6, 6.07) is 0. The Kier molecular flexibility index (Phi) is 22.8. The molecule has 0 saturated carbocycles. The molecular formula is C10H18O4. The maximum absolute atomic E-state index is 9.37. The van der Waals surface area contributed by atoms with E-state index in [1.807, 2.05) is 0 Å². The van der Waals surface area contributed by atoms with Crippen molar-refractivity contribution in [2.24, 2.45) is 0 Å². The number of carbonyl (C=O) groups is 2. The summed E-state index contributed by atoms with van der Waals surface area (Å²) in [5.74, 6) is -1.49. The van der Waals surface area contributed by atoms with Gasteiger partial charge < -0.3 is 10.2 Å². The minimum absolute atomic E-state index is 0.222. The van der Waals surface area contributed by atoms with Gasteiger partial charge in [0, 0.05) is 12.8 Å². The van der Waals surface area contributed by atoms with E-state index in [0.717, 1.165) is 0 Å². The molecule has 4 nitrogen and oxygen atoms in total. The monoisotopic (exact) mass is 202 g/mol. The molecule has 0 bridgehead atoms. The number of aliphatic carboxylic acids is 2. The van der Waals surface area contributed by atoms with E-state index in [1.54, 1.807) is 26.0 Å². The zero-order valence-electron chi connectivity index (χ0n) is 8.69. The van der Waals surface area contributed by atoms with Crippen LogP contribution in [0.4, 0.5) is 0 Å². The summed E-state index contributed by atoms with van der Waals surface area (Å²) in [6.45, 7) is 9.92.